The van der Waals surface area contributed by atoms with Crippen LogP contribution in [0.1, 0.15) is 22.6 Å². The molecule has 0 bridgehead atoms. The van der Waals surface area contributed by atoms with E-state index in [4.69, 9.17) is 0 Å². The molecule has 1 aromatic heterocycles. The number of hydrogen-bond donors (Lipinski definition) is 0. The fourth-order valence-corrected chi connectivity index (χ4v) is 9.39. The summed E-state index contributed by atoms with van der Waals surface area (Å²) in [6, 6.07) is 71.4. The highest BCUT2D eigenvalue weighted by Gasteiger charge is 2.28. The van der Waals surface area contributed by atoms with E-state index in [1.54, 1.807) is 0 Å². The third-order valence-electron chi connectivity index (χ3n) is 10.7. The van der Waals surface area contributed by atoms with Crippen molar-refractivity contribution in [3.05, 3.63) is 211 Å². The van der Waals surface area contributed by atoms with Crippen LogP contribution in [0.5, 0.6) is 0 Å². The van der Waals surface area contributed by atoms with E-state index in [1.807, 2.05) is 11.3 Å². The SMILES string of the molecule is c1ccc(-c2cc(N(c3ccccc3)c3ccc4sc5ccccc5c4c3)ccc2-c2ccccc2C2Cc3ccccc3-c3ccccc32)cc1. The molecular weight excluding hydrogens is 647 g/mol. The molecule has 0 saturated carbocycles. The maximum absolute atomic E-state index is 2.41. The van der Waals surface area contributed by atoms with Crippen LogP contribution in [0, 0.1) is 0 Å². The van der Waals surface area contributed by atoms with Gasteiger partial charge in [-0.3, -0.25) is 0 Å². The number of fused-ring (bicyclic) bond motifs is 6. The molecular formula is C50H35NS. The molecule has 1 aliphatic rings. The van der Waals surface area contributed by atoms with Crippen molar-refractivity contribution in [1.82, 2.24) is 0 Å². The van der Waals surface area contributed by atoms with Crippen LogP contribution in [-0.2, 0) is 6.42 Å². The summed E-state index contributed by atoms with van der Waals surface area (Å²) >= 11 is 1.86. The molecule has 1 nitrogen and oxygen atoms in total. The number of para-hydroxylation sites is 1. The van der Waals surface area contributed by atoms with E-state index < -0.39 is 0 Å². The van der Waals surface area contributed by atoms with Gasteiger partial charge in [0.15, 0.2) is 0 Å². The second-order valence-electron chi connectivity index (χ2n) is 13.6. The van der Waals surface area contributed by atoms with Crippen molar-refractivity contribution in [2.24, 2.45) is 0 Å². The van der Waals surface area contributed by atoms with Gasteiger partial charge in [0, 0.05) is 43.2 Å². The van der Waals surface area contributed by atoms with Gasteiger partial charge in [-0.25, -0.2) is 0 Å². The molecule has 10 rings (SSSR count). The molecule has 0 aliphatic heterocycles. The molecule has 0 amide bonds. The first kappa shape index (κ1) is 30.6. The minimum absolute atomic E-state index is 0.249. The van der Waals surface area contributed by atoms with Gasteiger partial charge in [-0.05, 0) is 105 Å². The van der Waals surface area contributed by atoms with Crippen molar-refractivity contribution in [2.75, 3.05) is 4.90 Å². The Labute approximate surface area is 308 Å². The number of benzene rings is 8. The minimum atomic E-state index is 0.249. The van der Waals surface area contributed by atoms with Crippen LogP contribution in [0.25, 0.3) is 53.6 Å². The van der Waals surface area contributed by atoms with Gasteiger partial charge in [0.05, 0.1) is 0 Å². The molecule has 1 aliphatic carbocycles. The Bertz CT molecular complexity index is 2720. The van der Waals surface area contributed by atoms with Gasteiger partial charge >= 0.3 is 0 Å². The van der Waals surface area contributed by atoms with E-state index in [2.05, 4.69) is 199 Å². The first-order valence-electron chi connectivity index (χ1n) is 18.0. The zero-order valence-corrected chi connectivity index (χ0v) is 29.4. The number of hydrogen-bond acceptors (Lipinski definition) is 2. The van der Waals surface area contributed by atoms with Crippen molar-refractivity contribution in [2.45, 2.75) is 12.3 Å². The van der Waals surface area contributed by atoms with E-state index in [0.29, 0.717) is 0 Å². The summed E-state index contributed by atoms with van der Waals surface area (Å²) in [6.07, 6.45) is 0.977. The molecule has 1 atom stereocenters. The largest absolute Gasteiger partial charge is 0.310 e. The number of rotatable bonds is 6. The molecule has 0 fully saturated rings. The summed E-state index contributed by atoms with van der Waals surface area (Å²) in [5, 5.41) is 2.60. The van der Waals surface area contributed by atoms with Gasteiger partial charge in [-0.15, -0.1) is 11.3 Å². The molecule has 0 radical (unpaired) electrons. The molecule has 52 heavy (non-hydrogen) atoms. The summed E-state index contributed by atoms with van der Waals surface area (Å²) in [5.74, 6) is 0.249. The maximum atomic E-state index is 2.41. The quantitative estimate of drug-likeness (QED) is 0.169. The van der Waals surface area contributed by atoms with Crippen molar-refractivity contribution in [3.63, 3.8) is 0 Å². The van der Waals surface area contributed by atoms with E-state index >= 15 is 0 Å². The molecule has 0 spiro atoms. The fraction of sp³-hybridized carbons (Fsp3) is 0.0400. The van der Waals surface area contributed by atoms with Crippen LogP contribution < -0.4 is 4.90 Å². The molecule has 8 aromatic carbocycles. The van der Waals surface area contributed by atoms with Crippen LogP contribution in [-0.4, -0.2) is 0 Å². The predicted molar refractivity (Wildman–Crippen MR) is 222 cm³/mol. The standard InChI is InChI=1S/C50H35NS/c1-3-15-34(16-4-1)46-32-37(51(36-18-5-2-6-19-36)38-28-30-50-48(33-38)45-25-13-14-26-49(45)52-50)27-29-44(46)41-22-10-12-24-43(41)47-31-35-17-7-8-20-39(35)40-21-9-11-23-42(40)47/h1-30,32-33,47H,31H2. The zero-order valence-electron chi connectivity index (χ0n) is 28.6. The lowest BCUT2D eigenvalue weighted by molar-refractivity contribution is 0.795. The fourth-order valence-electron chi connectivity index (χ4n) is 8.30. The van der Waals surface area contributed by atoms with Gasteiger partial charge in [0.2, 0.25) is 0 Å². The lowest BCUT2D eigenvalue weighted by Gasteiger charge is -2.30. The Hall–Kier alpha value is -6.22. The second-order valence-corrected chi connectivity index (χ2v) is 14.7. The molecule has 2 heteroatoms. The number of thiophene rings is 1. The van der Waals surface area contributed by atoms with E-state index in [9.17, 15) is 0 Å². The zero-order chi connectivity index (χ0) is 34.4. The molecule has 246 valence electrons. The Morgan fingerprint density at radius 3 is 1.75 bits per heavy atom. The van der Waals surface area contributed by atoms with E-state index in [1.165, 1.54) is 70.2 Å². The normalized spacial score (nSPS) is 13.5. The molecule has 0 saturated heterocycles. The molecule has 1 heterocycles. The first-order valence-corrected chi connectivity index (χ1v) is 18.8. The Morgan fingerprint density at radius 1 is 0.385 bits per heavy atom. The third kappa shape index (κ3) is 5.23. The van der Waals surface area contributed by atoms with Crippen molar-refractivity contribution < 1.29 is 0 Å². The first-order chi connectivity index (χ1) is 25.8. The second kappa shape index (κ2) is 12.8. The minimum Gasteiger partial charge on any atom is -0.310 e. The molecule has 9 aromatic rings. The third-order valence-corrected chi connectivity index (χ3v) is 11.8. The topological polar surface area (TPSA) is 3.24 Å². The number of nitrogens with zero attached hydrogens (tertiary/aromatic N) is 1. The summed E-state index contributed by atoms with van der Waals surface area (Å²) in [6.45, 7) is 0. The van der Waals surface area contributed by atoms with Crippen molar-refractivity contribution in [3.8, 4) is 33.4 Å². The summed E-state index contributed by atoms with van der Waals surface area (Å²) < 4.78 is 2.63. The molecule has 1 unspecified atom stereocenters. The summed E-state index contributed by atoms with van der Waals surface area (Å²) in [5.41, 5.74) is 15.2. The highest BCUT2D eigenvalue weighted by molar-refractivity contribution is 7.25. The predicted octanol–water partition coefficient (Wildman–Crippen LogP) is 14.2. The monoisotopic (exact) mass is 681 g/mol. The van der Waals surface area contributed by atoms with E-state index in [0.717, 1.165) is 23.5 Å². The van der Waals surface area contributed by atoms with E-state index in [-0.39, 0.29) is 5.92 Å². The Morgan fingerprint density at radius 2 is 0.962 bits per heavy atom. The van der Waals surface area contributed by atoms with Gasteiger partial charge in [-0.2, -0.15) is 0 Å². The van der Waals surface area contributed by atoms with Crippen LogP contribution >= 0.6 is 11.3 Å². The van der Waals surface area contributed by atoms with Crippen molar-refractivity contribution in [1.29, 1.82) is 0 Å². The van der Waals surface area contributed by atoms with Gasteiger partial charge < -0.3 is 4.90 Å². The van der Waals surface area contributed by atoms with Gasteiger partial charge in [0.1, 0.15) is 0 Å². The molecule has 0 N–H and O–H groups in total. The average Bonchev–Trinajstić information content (AvgIpc) is 3.59. The van der Waals surface area contributed by atoms with Crippen LogP contribution in [0.2, 0.25) is 0 Å². The van der Waals surface area contributed by atoms with Crippen LogP contribution in [0.15, 0.2) is 194 Å². The van der Waals surface area contributed by atoms with Gasteiger partial charge in [0.25, 0.3) is 0 Å². The van der Waals surface area contributed by atoms with Gasteiger partial charge in [-0.1, -0.05) is 146 Å². The summed E-state index contributed by atoms with van der Waals surface area (Å²) in [4.78, 5) is 2.41. The lowest BCUT2D eigenvalue weighted by atomic mass is 9.74. The maximum Gasteiger partial charge on any atom is 0.0468 e. The van der Waals surface area contributed by atoms with Crippen LogP contribution in [0.4, 0.5) is 17.1 Å². The Kier molecular flexibility index (Phi) is 7.55. The highest BCUT2D eigenvalue weighted by Crippen LogP contribution is 2.48. The Balaban J connectivity index is 1.16. The number of anilines is 3. The van der Waals surface area contributed by atoms with Crippen LogP contribution in [0.3, 0.4) is 0 Å². The van der Waals surface area contributed by atoms with Crippen molar-refractivity contribution >= 4 is 48.6 Å². The average molecular weight is 682 g/mol. The highest BCUT2D eigenvalue weighted by atomic mass is 32.1. The smallest absolute Gasteiger partial charge is 0.0468 e. The summed E-state index contributed by atoms with van der Waals surface area (Å²) in [7, 11) is 0. The lowest BCUT2D eigenvalue weighted by Crippen LogP contribution is -2.13.